The third-order valence-corrected chi connectivity index (χ3v) is 5.36. The minimum absolute atomic E-state index is 0.0658. The molecule has 0 radical (unpaired) electrons. The molecule has 182 valence electrons. The Bertz CT molecular complexity index is 1050. The molecule has 0 aromatic heterocycles. The minimum Gasteiger partial charge on any atom is -0.508 e. The van der Waals surface area contributed by atoms with Gasteiger partial charge in [-0.05, 0) is 50.1 Å². The van der Waals surface area contributed by atoms with Crippen LogP contribution in [0.3, 0.4) is 0 Å². The molecule has 0 saturated carbocycles. The van der Waals surface area contributed by atoms with E-state index >= 15 is 0 Å². The fourth-order valence-electron chi connectivity index (χ4n) is 3.35. The Morgan fingerprint density at radius 2 is 2.00 bits per heavy atom. The number of aromatic hydroxyl groups is 1. The molecule has 2 atom stereocenters. The van der Waals surface area contributed by atoms with Crippen molar-refractivity contribution in [1.82, 2.24) is 5.48 Å². The number of ether oxygens (including phenoxy) is 4. The summed E-state index contributed by atoms with van der Waals surface area (Å²) in [5.74, 6) is 0.359. The van der Waals surface area contributed by atoms with Crippen LogP contribution in [0.5, 0.6) is 17.2 Å². The first-order valence-electron chi connectivity index (χ1n) is 10.5. The lowest BCUT2D eigenvalue weighted by Crippen LogP contribution is -2.29. The highest BCUT2D eigenvalue weighted by atomic mass is 79.9. The Labute approximate surface area is 204 Å². The topological polar surface area (TPSA) is 136 Å². The van der Waals surface area contributed by atoms with Gasteiger partial charge in [0.2, 0.25) is 6.79 Å². The number of anilines is 1. The van der Waals surface area contributed by atoms with E-state index in [0.717, 1.165) is 0 Å². The molecule has 1 aliphatic heterocycles. The first-order chi connectivity index (χ1) is 16.4. The second-order valence-corrected chi connectivity index (χ2v) is 8.09. The number of amides is 2. The Balaban J connectivity index is 1.80. The summed E-state index contributed by atoms with van der Waals surface area (Å²) in [6, 6.07) is 9.74. The van der Waals surface area contributed by atoms with Crippen LogP contribution in [0.25, 0.3) is 0 Å². The number of phenols is 1. The lowest BCUT2D eigenvalue weighted by Gasteiger charge is -2.28. The summed E-state index contributed by atoms with van der Waals surface area (Å²) in [4.78, 5) is 24.0. The molecule has 10 nitrogen and oxygen atoms in total. The molecule has 1 heterocycles. The van der Waals surface area contributed by atoms with Crippen LogP contribution in [-0.2, 0) is 14.3 Å². The van der Waals surface area contributed by atoms with Crippen molar-refractivity contribution in [3.8, 4) is 17.2 Å². The van der Waals surface area contributed by atoms with Crippen molar-refractivity contribution in [1.29, 1.82) is 0 Å². The van der Waals surface area contributed by atoms with E-state index < -0.39 is 24.2 Å². The van der Waals surface area contributed by atoms with Gasteiger partial charge < -0.3 is 24.1 Å². The molecule has 2 aromatic carbocycles. The van der Waals surface area contributed by atoms with Crippen LogP contribution in [-0.4, -0.2) is 41.8 Å². The number of hydrogen-bond acceptors (Lipinski definition) is 8. The van der Waals surface area contributed by atoms with Crippen molar-refractivity contribution in [3.63, 3.8) is 0 Å². The van der Waals surface area contributed by atoms with Gasteiger partial charge in [-0.2, -0.15) is 0 Å². The Morgan fingerprint density at radius 3 is 2.76 bits per heavy atom. The zero-order valence-corrected chi connectivity index (χ0v) is 19.9. The molecule has 0 fully saturated rings. The molecule has 4 N–H and O–H groups in total. The number of hydrogen-bond donors (Lipinski definition) is 4. The van der Waals surface area contributed by atoms with Gasteiger partial charge in [-0.25, -0.2) is 10.3 Å². The predicted octanol–water partition coefficient (Wildman–Crippen LogP) is 4.42. The van der Waals surface area contributed by atoms with Crippen LogP contribution in [0.15, 0.2) is 53.0 Å². The van der Waals surface area contributed by atoms with Gasteiger partial charge >= 0.3 is 6.09 Å². The first kappa shape index (κ1) is 25.3. The molecule has 2 amide bonds. The number of carbonyl (C=O) groups excluding carboxylic acids is 2. The number of carbonyl (C=O) groups is 2. The van der Waals surface area contributed by atoms with Crippen LogP contribution < -0.4 is 20.3 Å². The van der Waals surface area contributed by atoms with Crippen LogP contribution in [0.1, 0.15) is 31.4 Å². The summed E-state index contributed by atoms with van der Waals surface area (Å²) in [6.45, 7) is 2.23. The summed E-state index contributed by atoms with van der Waals surface area (Å²) in [7, 11) is 0. The first-order valence-corrected chi connectivity index (χ1v) is 11.3. The van der Waals surface area contributed by atoms with E-state index in [1.54, 1.807) is 43.3 Å². The van der Waals surface area contributed by atoms with E-state index in [1.807, 2.05) is 0 Å². The predicted molar refractivity (Wildman–Crippen MR) is 125 cm³/mol. The Kier molecular flexibility index (Phi) is 9.14. The highest BCUT2D eigenvalue weighted by Gasteiger charge is 2.30. The molecule has 0 spiro atoms. The number of nitrogens with one attached hydrogen (secondary N) is 2. The van der Waals surface area contributed by atoms with E-state index in [4.69, 9.17) is 24.2 Å². The van der Waals surface area contributed by atoms with Gasteiger partial charge in [0.15, 0.2) is 17.6 Å². The molecule has 34 heavy (non-hydrogen) atoms. The maximum Gasteiger partial charge on any atom is 0.412 e. The number of rotatable bonds is 10. The van der Waals surface area contributed by atoms with Gasteiger partial charge in [0, 0.05) is 34.5 Å². The maximum absolute atomic E-state index is 12.8. The summed E-state index contributed by atoms with van der Waals surface area (Å²) >= 11 is 3.38. The fourth-order valence-corrected chi connectivity index (χ4v) is 3.73. The van der Waals surface area contributed by atoms with Crippen LogP contribution >= 0.6 is 15.9 Å². The van der Waals surface area contributed by atoms with Gasteiger partial charge in [0.25, 0.3) is 5.91 Å². The maximum atomic E-state index is 12.8. The third-order valence-electron chi connectivity index (χ3n) is 4.86. The molecule has 0 unspecified atom stereocenters. The normalized spacial score (nSPS) is 14.0. The summed E-state index contributed by atoms with van der Waals surface area (Å²) in [5.41, 5.74) is 2.31. The Hall–Kier alpha value is -3.28. The molecular formula is C23H25BrN2O8. The van der Waals surface area contributed by atoms with Gasteiger partial charge in [-0.3, -0.25) is 15.3 Å². The van der Waals surface area contributed by atoms with Gasteiger partial charge in [-0.1, -0.05) is 22.0 Å². The van der Waals surface area contributed by atoms with Crippen molar-refractivity contribution < 1.29 is 38.9 Å². The highest BCUT2D eigenvalue weighted by Crippen LogP contribution is 2.36. The van der Waals surface area contributed by atoms with E-state index in [9.17, 15) is 14.7 Å². The molecule has 1 aliphatic rings. The average molecular weight is 537 g/mol. The lowest BCUT2D eigenvalue weighted by atomic mass is 9.99. The van der Waals surface area contributed by atoms with Crippen molar-refractivity contribution >= 4 is 33.6 Å². The van der Waals surface area contributed by atoms with Crippen LogP contribution in [0, 0.1) is 0 Å². The smallest absolute Gasteiger partial charge is 0.412 e. The standard InChI is InChI=1S/C23H25BrN2O8/c1-2-31-19(5-3-4-6-21(28)26-30)22(16-11-14(24)7-9-17(16)27)34-23(29)25-15-8-10-18-20(12-15)33-13-32-18/h4,6-12,19,22,27,30H,2-3,5,13H2,1H3,(H,25,29)(H,26,28)/b6-4+/t19-,22-/m0/s1. The minimum atomic E-state index is -0.966. The molecule has 2 aromatic rings. The van der Waals surface area contributed by atoms with Gasteiger partial charge in [0.05, 0.1) is 6.10 Å². The number of allylic oxidation sites excluding steroid dienone is 1. The molecule has 0 saturated heterocycles. The van der Waals surface area contributed by atoms with E-state index in [1.165, 1.54) is 17.6 Å². The molecule has 3 rings (SSSR count). The quantitative estimate of drug-likeness (QED) is 0.199. The summed E-state index contributed by atoms with van der Waals surface area (Å²) in [5, 5.41) is 21.8. The zero-order chi connectivity index (χ0) is 24.5. The van der Waals surface area contributed by atoms with Crippen molar-refractivity contribution in [2.45, 2.75) is 32.0 Å². The number of benzene rings is 2. The highest BCUT2D eigenvalue weighted by molar-refractivity contribution is 9.10. The van der Waals surface area contributed by atoms with E-state index in [-0.39, 0.29) is 12.5 Å². The second-order valence-electron chi connectivity index (χ2n) is 7.17. The largest absolute Gasteiger partial charge is 0.508 e. The van der Waals surface area contributed by atoms with Gasteiger partial charge in [0.1, 0.15) is 5.75 Å². The van der Waals surface area contributed by atoms with Crippen LogP contribution in [0.2, 0.25) is 0 Å². The zero-order valence-electron chi connectivity index (χ0n) is 18.3. The molecular weight excluding hydrogens is 512 g/mol. The monoisotopic (exact) mass is 536 g/mol. The molecule has 0 aliphatic carbocycles. The molecule has 0 bridgehead atoms. The number of halogens is 1. The number of fused-ring (bicyclic) bond motifs is 1. The summed E-state index contributed by atoms with van der Waals surface area (Å²) < 4.78 is 22.9. The number of hydroxylamine groups is 1. The second kappa shape index (κ2) is 12.3. The SMILES string of the molecule is CCO[C@@H](CC/C=C/C(=O)NO)[C@@H](OC(=O)Nc1ccc2c(c1)OCO2)c1cc(Br)ccc1O. The van der Waals surface area contributed by atoms with Crippen molar-refractivity contribution in [2.75, 3.05) is 18.7 Å². The average Bonchev–Trinajstić information content (AvgIpc) is 3.29. The van der Waals surface area contributed by atoms with E-state index in [0.29, 0.717) is 46.7 Å². The molecule has 11 heteroatoms. The van der Waals surface area contributed by atoms with Gasteiger partial charge in [-0.15, -0.1) is 0 Å². The lowest BCUT2D eigenvalue weighted by molar-refractivity contribution is -0.124. The van der Waals surface area contributed by atoms with Crippen LogP contribution in [0.4, 0.5) is 10.5 Å². The summed E-state index contributed by atoms with van der Waals surface area (Å²) in [6.07, 6.45) is 1.11. The Morgan fingerprint density at radius 1 is 1.21 bits per heavy atom. The van der Waals surface area contributed by atoms with E-state index in [2.05, 4.69) is 21.2 Å². The van der Waals surface area contributed by atoms with Crippen molar-refractivity contribution in [3.05, 3.63) is 58.6 Å². The number of phenolic OH excluding ortho intramolecular Hbond substituents is 1. The van der Waals surface area contributed by atoms with Crippen molar-refractivity contribution in [2.24, 2.45) is 0 Å². The third kappa shape index (κ3) is 6.86. The fraction of sp³-hybridized carbons (Fsp3) is 0.304.